The summed E-state index contributed by atoms with van der Waals surface area (Å²) in [7, 11) is 0. The normalized spacial score (nSPS) is 15.2. The quantitative estimate of drug-likeness (QED) is 0.315. The van der Waals surface area contributed by atoms with E-state index in [1.807, 2.05) is 24.3 Å². The summed E-state index contributed by atoms with van der Waals surface area (Å²) in [6.45, 7) is 5.40. The number of carbonyl (C=O) groups is 3. The first-order valence-electron chi connectivity index (χ1n) is 9.32. The molecule has 1 aliphatic heterocycles. The average Bonchev–Trinajstić information content (AvgIpc) is 2.84. The van der Waals surface area contributed by atoms with Gasteiger partial charge in [-0.2, -0.15) is 0 Å². The molecule has 0 radical (unpaired) electrons. The van der Waals surface area contributed by atoms with E-state index < -0.39 is 11.6 Å². The van der Waals surface area contributed by atoms with E-state index in [1.165, 1.54) is 5.56 Å². The number of urea groups is 1. The molecule has 0 unspecified atom stereocenters. The minimum atomic E-state index is -0.941. The van der Waals surface area contributed by atoms with Gasteiger partial charge in [-0.1, -0.05) is 25.5 Å². The number of anilines is 1. The molecule has 0 bridgehead atoms. The van der Waals surface area contributed by atoms with E-state index in [1.54, 1.807) is 13.8 Å². The minimum Gasteiger partial charge on any atom is -0.331 e. The van der Waals surface area contributed by atoms with Gasteiger partial charge in [0.15, 0.2) is 5.11 Å². The standard InChI is InChI=1S/C19H27N5O3S/c1-4-5-6-13-7-9-14(10-8-13)20-17(28)23-22-15(25)11-12-24-16(26)19(2,3)21-18(24)27/h7-10H,4-6,11-12H2,1-3H3,(H,21,27)(H,22,25)(H2,20,23,28). The fraction of sp³-hybridized carbons (Fsp3) is 0.474. The highest BCUT2D eigenvalue weighted by Crippen LogP contribution is 2.16. The highest BCUT2D eigenvalue weighted by molar-refractivity contribution is 7.80. The number of hydrogen-bond acceptors (Lipinski definition) is 4. The molecule has 28 heavy (non-hydrogen) atoms. The maximum Gasteiger partial charge on any atom is 0.325 e. The number of rotatable bonds is 7. The van der Waals surface area contributed by atoms with Crippen LogP contribution in [0.1, 0.15) is 45.6 Å². The second kappa shape index (κ2) is 9.50. The highest BCUT2D eigenvalue weighted by atomic mass is 32.1. The fourth-order valence-corrected chi connectivity index (χ4v) is 2.89. The Labute approximate surface area is 170 Å². The van der Waals surface area contributed by atoms with Gasteiger partial charge in [-0.3, -0.25) is 25.3 Å². The number of imide groups is 1. The van der Waals surface area contributed by atoms with Crippen LogP contribution in [0.3, 0.4) is 0 Å². The lowest BCUT2D eigenvalue weighted by Crippen LogP contribution is -2.45. The molecule has 0 spiro atoms. The summed E-state index contributed by atoms with van der Waals surface area (Å²) in [5.74, 6) is -0.734. The molecular formula is C19H27N5O3S. The summed E-state index contributed by atoms with van der Waals surface area (Å²) >= 11 is 5.15. The van der Waals surface area contributed by atoms with Crippen LogP contribution in [0.2, 0.25) is 0 Å². The van der Waals surface area contributed by atoms with Crippen LogP contribution in [0.25, 0.3) is 0 Å². The number of benzene rings is 1. The zero-order valence-electron chi connectivity index (χ0n) is 16.4. The predicted molar refractivity (Wildman–Crippen MR) is 111 cm³/mol. The van der Waals surface area contributed by atoms with E-state index in [0.717, 1.165) is 29.8 Å². The van der Waals surface area contributed by atoms with Crippen molar-refractivity contribution < 1.29 is 14.4 Å². The number of hydrogen-bond donors (Lipinski definition) is 4. The maximum atomic E-state index is 12.1. The average molecular weight is 406 g/mol. The number of amides is 4. The molecule has 4 N–H and O–H groups in total. The van der Waals surface area contributed by atoms with Crippen LogP contribution in [-0.4, -0.2) is 39.9 Å². The van der Waals surface area contributed by atoms with Crippen molar-refractivity contribution in [2.24, 2.45) is 0 Å². The molecule has 0 atom stereocenters. The SMILES string of the molecule is CCCCc1ccc(NC(=S)NNC(=O)CCN2C(=O)NC(C)(C)C2=O)cc1. The Morgan fingerprint density at radius 1 is 1.18 bits per heavy atom. The van der Waals surface area contributed by atoms with Crippen molar-refractivity contribution in [2.75, 3.05) is 11.9 Å². The summed E-state index contributed by atoms with van der Waals surface area (Å²) in [6.07, 6.45) is 3.32. The van der Waals surface area contributed by atoms with Crippen molar-refractivity contribution >= 4 is 40.9 Å². The monoisotopic (exact) mass is 405 g/mol. The van der Waals surface area contributed by atoms with Gasteiger partial charge in [0.2, 0.25) is 5.91 Å². The summed E-state index contributed by atoms with van der Waals surface area (Å²) in [4.78, 5) is 36.8. The summed E-state index contributed by atoms with van der Waals surface area (Å²) < 4.78 is 0. The second-order valence-corrected chi connectivity index (χ2v) is 7.60. The lowest BCUT2D eigenvalue weighted by atomic mass is 10.1. The molecule has 152 valence electrons. The van der Waals surface area contributed by atoms with Gasteiger partial charge in [-0.15, -0.1) is 0 Å². The van der Waals surface area contributed by atoms with E-state index in [2.05, 4.69) is 28.4 Å². The molecule has 1 aliphatic rings. The molecule has 4 amide bonds. The minimum absolute atomic E-state index is 0.00101. The highest BCUT2D eigenvalue weighted by Gasteiger charge is 2.43. The molecule has 0 aromatic heterocycles. The molecule has 2 rings (SSSR count). The Balaban J connectivity index is 1.71. The Bertz CT molecular complexity index is 748. The molecule has 1 aromatic carbocycles. The first-order valence-corrected chi connectivity index (χ1v) is 9.72. The van der Waals surface area contributed by atoms with E-state index >= 15 is 0 Å². The Morgan fingerprint density at radius 3 is 2.43 bits per heavy atom. The number of nitrogens with zero attached hydrogens (tertiary/aromatic N) is 1. The van der Waals surface area contributed by atoms with Crippen LogP contribution in [0.5, 0.6) is 0 Å². The van der Waals surface area contributed by atoms with Gasteiger partial charge in [0, 0.05) is 18.7 Å². The molecule has 8 nitrogen and oxygen atoms in total. The van der Waals surface area contributed by atoms with Gasteiger partial charge in [-0.05, 0) is 56.6 Å². The van der Waals surface area contributed by atoms with Crippen LogP contribution in [-0.2, 0) is 16.0 Å². The third-order valence-corrected chi connectivity index (χ3v) is 4.56. The zero-order valence-corrected chi connectivity index (χ0v) is 17.2. The first kappa shape index (κ1) is 21.6. The lowest BCUT2D eigenvalue weighted by Gasteiger charge is -2.16. The van der Waals surface area contributed by atoms with Gasteiger partial charge in [-0.25, -0.2) is 4.79 Å². The van der Waals surface area contributed by atoms with Gasteiger partial charge < -0.3 is 10.6 Å². The zero-order chi connectivity index (χ0) is 20.7. The van der Waals surface area contributed by atoms with Crippen LogP contribution in [0.15, 0.2) is 24.3 Å². The maximum absolute atomic E-state index is 12.1. The van der Waals surface area contributed by atoms with Crippen LogP contribution >= 0.6 is 12.2 Å². The molecular weight excluding hydrogens is 378 g/mol. The number of unbranched alkanes of at least 4 members (excludes halogenated alkanes) is 1. The van der Waals surface area contributed by atoms with E-state index in [0.29, 0.717) is 0 Å². The van der Waals surface area contributed by atoms with E-state index in [-0.39, 0.29) is 29.9 Å². The van der Waals surface area contributed by atoms with Crippen molar-refractivity contribution in [1.82, 2.24) is 21.1 Å². The Kier molecular flexibility index (Phi) is 7.33. The Morgan fingerprint density at radius 2 is 1.86 bits per heavy atom. The third-order valence-electron chi connectivity index (χ3n) is 4.35. The van der Waals surface area contributed by atoms with Crippen molar-refractivity contribution in [3.05, 3.63) is 29.8 Å². The summed E-state index contributed by atoms with van der Waals surface area (Å²) in [6, 6.07) is 7.45. The molecule has 0 aliphatic carbocycles. The fourth-order valence-electron chi connectivity index (χ4n) is 2.72. The number of nitrogens with one attached hydrogen (secondary N) is 4. The summed E-state index contributed by atoms with van der Waals surface area (Å²) in [5, 5.41) is 5.79. The topological polar surface area (TPSA) is 103 Å². The van der Waals surface area contributed by atoms with Crippen molar-refractivity contribution in [3.8, 4) is 0 Å². The third kappa shape index (κ3) is 5.91. The summed E-state index contributed by atoms with van der Waals surface area (Å²) in [5.41, 5.74) is 6.20. The molecule has 1 fully saturated rings. The largest absolute Gasteiger partial charge is 0.331 e. The van der Waals surface area contributed by atoms with Gasteiger partial charge in [0.25, 0.3) is 5.91 Å². The smallest absolute Gasteiger partial charge is 0.325 e. The van der Waals surface area contributed by atoms with E-state index in [9.17, 15) is 14.4 Å². The lowest BCUT2D eigenvalue weighted by molar-refractivity contribution is -0.130. The van der Waals surface area contributed by atoms with Crippen molar-refractivity contribution in [3.63, 3.8) is 0 Å². The number of aryl methyl sites for hydroxylation is 1. The van der Waals surface area contributed by atoms with Crippen LogP contribution in [0, 0.1) is 0 Å². The number of thiocarbonyl (C=S) groups is 1. The number of carbonyl (C=O) groups excluding carboxylic acids is 3. The molecule has 9 heteroatoms. The Hall–Kier alpha value is -2.68. The van der Waals surface area contributed by atoms with Crippen LogP contribution < -0.4 is 21.5 Å². The van der Waals surface area contributed by atoms with Gasteiger partial charge >= 0.3 is 6.03 Å². The predicted octanol–water partition coefficient (Wildman–Crippen LogP) is 2.07. The molecule has 0 saturated carbocycles. The van der Waals surface area contributed by atoms with Gasteiger partial charge in [0.1, 0.15) is 5.54 Å². The van der Waals surface area contributed by atoms with Gasteiger partial charge in [0.05, 0.1) is 0 Å². The molecule has 1 heterocycles. The van der Waals surface area contributed by atoms with Crippen LogP contribution in [0.4, 0.5) is 10.5 Å². The number of hydrazine groups is 1. The molecule has 1 saturated heterocycles. The first-order chi connectivity index (χ1) is 13.2. The van der Waals surface area contributed by atoms with Crippen molar-refractivity contribution in [2.45, 2.75) is 52.0 Å². The van der Waals surface area contributed by atoms with E-state index in [4.69, 9.17) is 12.2 Å². The molecule has 1 aromatic rings. The van der Waals surface area contributed by atoms with Crippen molar-refractivity contribution in [1.29, 1.82) is 0 Å². The second-order valence-electron chi connectivity index (χ2n) is 7.19.